The highest BCUT2D eigenvalue weighted by Crippen LogP contribution is 2.25. The van der Waals surface area contributed by atoms with Crippen molar-refractivity contribution in [1.29, 1.82) is 0 Å². The Morgan fingerprint density at radius 1 is 1.27 bits per heavy atom. The normalized spacial score (nSPS) is 27.5. The van der Waals surface area contributed by atoms with Crippen molar-refractivity contribution < 1.29 is 18.0 Å². The lowest BCUT2D eigenvalue weighted by Gasteiger charge is -2.26. The Morgan fingerprint density at radius 3 is 2.27 bits per heavy atom. The van der Waals surface area contributed by atoms with Gasteiger partial charge >= 0.3 is 6.18 Å². The molecule has 15 heavy (non-hydrogen) atoms. The third kappa shape index (κ3) is 5.39. The summed E-state index contributed by atoms with van der Waals surface area (Å²) in [6, 6.07) is -0.0892. The minimum absolute atomic E-state index is 0.0892. The number of hydrogen-bond acceptors (Lipinski definition) is 1. The first-order chi connectivity index (χ1) is 6.87. The minimum Gasteiger partial charge on any atom is -0.353 e. The Balaban J connectivity index is 2.27. The number of alkyl halides is 4. The quantitative estimate of drug-likeness (QED) is 0.778. The average Bonchev–Trinajstić information content (AvgIpc) is 2.05. The maximum atomic E-state index is 11.9. The molecule has 0 aromatic heterocycles. The van der Waals surface area contributed by atoms with Crippen LogP contribution in [0, 0.1) is 0 Å². The summed E-state index contributed by atoms with van der Waals surface area (Å²) in [6.45, 7) is 0. The Bertz CT molecular complexity index is 224. The molecule has 1 aliphatic carbocycles. The predicted octanol–water partition coefficient (Wildman–Crippen LogP) is 2.76. The molecule has 1 saturated carbocycles. The van der Waals surface area contributed by atoms with Crippen LogP contribution in [0.4, 0.5) is 13.2 Å². The molecule has 0 radical (unpaired) electrons. The molecule has 1 aliphatic rings. The maximum absolute atomic E-state index is 11.9. The van der Waals surface area contributed by atoms with Gasteiger partial charge < -0.3 is 5.32 Å². The standard InChI is InChI=1S/C9H13BrF3NO/c10-6-1-3-7(4-2-6)14-8(15)5-9(11,12)13/h6-7H,1-5H2,(H,14,15). The second-order valence-corrected chi connectivity index (χ2v) is 5.10. The van der Waals surface area contributed by atoms with Crippen molar-refractivity contribution in [2.75, 3.05) is 0 Å². The summed E-state index contributed by atoms with van der Waals surface area (Å²) in [5, 5.41) is 2.42. The number of halogens is 4. The van der Waals surface area contributed by atoms with E-state index in [9.17, 15) is 18.0 Å². The van der Waals surface area contributed by atoms with Crippen LogP contribution in [-0.4, -0.2) is 23.0 Å². The Labute approximate surface area is 94.7 Å². The van der Waals surface area contributed by atoms with Gasteiger partial charge in [0.2, 0.25) is 5.91 Å². The summed E-state index contributed by atoms with van der Waals surface area (Å²) in [6.07, 6.45) is -2.48. The van der Waals surface area contributed by atoms with Crippen LogP contribution in [0.1, 0.15) is 32.1 Å². The van der Waals surface area contributed by atoms with E-state index in [4.69, 9.17) is 0 Å². The monoisotopic (exact) mass is 287 g/mol. The molecular weight excluding hydrogens is 275 g/mol. The van der Waals surface area contributed by atoms with Crippen LogP contribution in [0.2, 0.25) is 0 Å². The van der Waals surface area contributed by atoms with Crippen molar-refractivity contribution in [2.24, 2.45) is 0 Å². The molecule has 0 saturated heterocycles. The fourth-order valence-corrected chi connectivity index (χ4v) is 2.19. The van der Waals surface area contributed by atoms with Gasteiger partial charge in [0, 0.05) is 10.9 Å². The molecule has 1 rings (SSSR count). The zero-order valence-corrected chi connectivity index (χ0v) is 9.70. The summed E-state index contributed by atoms with van der Waals surface area (Å²) in [4.78, 5) is 11.4. The topological polar surface area (TPSA) is 29.1 Å². The molecule has 0 spiro atoms. The van der Waals surface area contributed by atoms with Crippen LogP contribution in [0.5, 0.6) is 0 Å². The van der Waals surface area contributed by atoms with Gasteiger partial charge in [-0.05, 0) is 25.7 Å². The van der Waals surface area contributed by atoms with E-state index in [1.807, 2.05) is 0 Å². The van der Waals surface area contributed by atoms with Gasteiger partial charge in [0.05, 0.1) is 0 Å². The van der Waals surface area contributed by atoms with Crippen molar-refractivity contribution in [3.63, 3.8) is 0 Å². The molecule has 0 atom stereocenters. The van der Waals surface area contributed by atoms with E-state index < -0.39 is 18.5 Å². The van der Waals surface area contributed by atoms with Gasteiger partial charge in [0.25, 0.3) is 0 Å². The zero-order chi connectivity index (χ0) is 11.5. The highest BCUT2D eigenvalue weighted by molar-refractivity contribution is 9.09. The van der Waals surface area contributed by atoms with E-state index >= 15 is 0 Å². The highest BCUT2D eigenvalue weighted by Gasteiger charge is 2.32. The van der Waals surface area contributed by atoms with Gasteiger partial charge in [0.1, 0.15) is 6.42 Å². The predicted molar refractivity (Wildman–Crippen MR) is 53.8 cm³/mol. The van der Waals surface area contributed by atoms with Crippen LogP contribution in [0.15, 0.2) is 0 Å². The zero-order valence-electron chi connectivity index (χ0n) is 8.11. The number of carbonyl (C=O) groups excluding carboxylic acids is 1. The Hall–Kier alpha value is -0.260. The summed E-state index contributed by atoms with van der Waals surface area (Å²) in [5.74, 6) is -0.916. The lowest BCUT2D eigenvalue weighted by molar-refractivity contribution is -0.154. The van der Waals surface area contributed by atoms with E-state index in [0.717, 1.165) is 25.7 Å². The van der Waals surface area contributed by atoms with Crippen molar-refractivity contribution in [3.05, 3.63) is 0 Å². The average molecular weight is 288 g/mol. The van der Waals surface area contributed by atoms with Crippen molar-refractivity contribution in [2.45, 2.75) is 49.1 Å². The van der Waals surface area contributed by atoms with E-state index in [1.165, 1.54) is 0 Å². The van der Waals surface area contributed by atoms with Crippen LogP contribution >= 0.6 is 15.9 Å². The van der Waals surface area contributed by atoms with Crippen molar-refractivity contribution in [3.8, 4) is 0 Å². The van der Waals surface area contributed by atoms with Gasteiger partial charge in [-0.2, -0.15) is 13.2 Å². The summed E-state index contributed by atoms with van der Waals surface area (Å²) in [7, 11) is 0. The molecule has 1 N–H and O–H groups in total. The smallest absolute Gasteiger partial charge is 0.353 e. The van der Waals surface area contributed by atoms with Gasteiger partial charge in [-0.1, -0.05) is 15.9 Å². The number of hydrogen-bond donors (Lipinski definition) is 1. The second kappa shape index (κ2) is 5.18. The summed E-state index contributed by atoms with van der Waals surface area (Å²) >= 11 is 3.44. The highest BCUT2D eigenvalue weighted by atomic mass is 79.9. The molecule has 1 amide bonds. The molecule has 6 heteroatoms. The van der Waals surface area contributed by atoms with Crippen molar-refractivity contribution >= 4 is 21.8 Å². The molecule has 0 aliphatic heterocycles. The maximum Gasteiger partial charge on any atom is 0.397 e. The summed E-state index contributed by atoms with van der Waals surface area (Å²) in [5.41, 5.74) is 0. The van der Waals surface area contributed by atoms with Gasteiger partial charge in [-0.25, -0.2) is 0 Å². The van der Waals surface area contributed by atoms with Crippen LogP contribution < -0.4 is 5.32 Å². The molecular formula is C9H13BrF3NO. The van der Waals surface area contributed by atoms with Gasteiger partial charge in [-0.3, -0.25) is 4.79 Å². The molecule has 0 heterocycles. The summed E-state index contributed by atoms with van der Waals surface area (Å²) < 4.78 is 35.6. The fraction of sp³-hybridized carbons (Fsp3) is 0.889. The molecule has 1 fully saturated rings. The number of carbonyl (C=O) groups is 1. The molecule has 0 aromatic rings. The SMILES string of the molecule is O=C(CC(F)(F)F)NC1CCC(Br)CC1. The first-order valence-corrected chi connectivity index (χ1v) is 5.78. The number of rotatable bonds is 2. The molecule has 0 unspecified atom stereocenters. The first-order valence-electron chi connectivity index (χ1n) is 4.87. The van der Waals surface area contributed by atoms with Crippen molar-refractivity contribution in [1.82, 2.24) is 5.32 Å². The molecule has 2 nitrogen and oxygen atoms in total. The lowest BCUT2D eigenvalue weighted by atomic mass is 9.95. The van der Waals surface area contributed by atoms with E-state index in [2.05, 4.69) is 21.2 Å². The van der Waals surface area contributed by atoms with Crippen LogP contribution in [0.3, 0.4) is 0 Å². The fourth-order valence-electron chi connectivity index (χ4n) is 1.66. The van der Waals surface area contributed by atoms with E-state index in [1.54, 1.807) is 0 Å². The van der Waals surface area contributed by atoms with Gasteiger partial charge in [0.15, 0.2) is 0 Å². The molecule has 0 aromatic carbocycles. The third-order valence-corrected chi connectivity index (χ3v) is 3.30. The number of nitrogens with one attached hydrogen (secondary N) is 1. The van der Waals surface area contributed by atoms with E-state index in [-0.39, 0.29) is 6.04 Å². The second-order valence-electron chi connectivity index (χ2n) is 3.81. The first kappa shape index (κ1) is 12.8. The van der Waals surface area contributed by atoms with E-state index in [0.29, 0.717) is 4.83 Å². The minimum atomic E-state index is -4.41. The number of amides is 1. The van der Waals surface area contributed by atoms with Crippen LogP contribution in [0.25, 0.3) is 0 Å². The Kier molecular flexibility index (Phi) is 4.43. The third-order valence-electron chi connectivity index (χ3n) is 2.38. The van der Waals surface area contributed by atoms with Gasteiger partial charge in [-0.15, -0.1) is 0 Å². The molecule has 0 bridgehead atoms. The lowest BCUT2D eigenvalue weighted by Crippen LogP contribution is -2.39. The molecule has 88 valence electrons. The van der Waals surface area contributed by atoms with Crippen LogP contribution in [-0.2, 0) is 4.79 Å². The Morgan fingerprint density at radius 2 is 1.80 bits per heavy atom. The largest absolute Gasteiger partial charge is 0.397 e.